The zero-order valence-electron chi connectivity index (χ0n) is 10.5. The smallest absolute Gasteiger partial charge is 0.0808 e. The Morgan fingerprint density at radius 3 is 2.68 bits per heavy atom. The molecule has 2 aromatic carbocycles. The minimum atomic E-state index is -0.471. The Hall–Kier alpha value is -1.35. The molecule has 3 rings (SSSR count). The molecule has 0 amide bonds. The summed E-state index contributed by atoms with van der Waals surface area (Å²) in [6.45, 7) is 0.883. The maximum atomic E-state index is 10.3. The minimum absolute atomic E-state index is 0.224. The van der Waals surface area contributed by atoms with Crippen LogP contribution < -0.4 is 5.32 Å². The van der Waals surface area contributed by atoms with Crippen molar-refractivity contribution < 1.29 is 5.11 Å². The van der Waals surface area contributed by atoms with Crippen molar-refractivity contribution >= 4 is 11.6 Å². The Morgan fingerprint density at radius 2 is 1.89 bits per heavy atom. The summed E-state index contributed by atoms with van der Waals surface area (Å²) >= 11 is 5.86. The highest BCUT2D eigenvalue weighted by molar-refractivity contribution is 6.30. The molecule has 0 saturated heterocycles. The average Bonchev–Trinajstić information content (AvgIpc) is 2.83. The van der Waals surface area contributed by atoms with E-state index >= 15 is 0 Å². The minimum Gasteiger partial charge on any atom is -0.388 e. The Bertz CT molecular complexity index is 567. The largest absolute Gasteiger partial charge is 0.388 e. The molecule has 0 bridgehead atoms. The molecule has 1 aliphatic heterocycles. The van der Waals surface area contributed by atoms with Crippen LogP contribution in [-0.2, 0) is 6.54 Å². The van der Waals surface area contributed by atoms with Crippen LogP contribution in [0.5, 0.6) is 0 Å². The maximum Gasteiger partial charge on any atom is 0.0808 e. The summed E-state index contributed by atoms with van der Waals surface area (Å²) in [5.41, 5.74) is 3.54. The van der Waals surface area contributed by atoms with E-state index in [-0.39, 0.29) is 6.04 Å². The van der Waals surface area contributed by atoms with Gasteiger partial charge in [-0.3, -0.25) is 0 Å². The van der Waals surface area contributed by atoms with E-state index < -0.39 is 6.10 Å². The first-order valence-corrected chi connectivity index (χ1v) is 6.86. The summed E-state index contributed by atoms with van der Waals surface area (Å²) < 4.78 is 0. The van der Waals surface area contributed by atoms with Gasteiger partial charge in [0.25, 0.3) is 0 Å². The van der Waals surface area contributed by atoms with E-state index in [1.54, 1.807) is 0 Å². The van der Waals surface area contributed by atoms with Crippen molar-refractivity contribution in [3.63, 3.8) is 0 Å². The van der Waals surface area contributed by atoms with Crippen molar-refractivity contribution in [2.24, 2.45) is 0 Å². The first kappa shape index (κ1) is 12.7. The molecule has 0 unspecified atom stereocenters. The summed E-state index contributed by atoms with van der Waals surface area (Å²) in [4.78, 5) is 0. The van der Waals surface area contributed by atoms with Crippen LogP contribution in [0.15, 0.2) is 48.5 Å². The Morgan fingerprint density at radius 1 is 1.16 bits per heavy atom. The monoisotopic (exact) mass is 273 g/mol. The van der Waals surface area contributed by atoms with Crippen LogP contribution >= 0.6 is 11.6 Å². The third-order valence-corrected chi connectivity index (χ3v) is 3.94. The Balaban J connectivity index is 1.74. The van der Waals surface area contributed by atoms with Gasteiger partial charge >= 0.3 is 0 Å². The molecule has 3 heteroatoms. The molecule has 0 saturated carbocycles. The molecule has 2 N–H and O–H groups in total. The summed E-state index contributed by atoms with van der Waals surface area (Å²) in [7, 11) is 0. The van der Waals surface area contributed by atoms with Gasteiger partial charge in [0, 0.05) is 17.6 Å². The van der Waals surface area contributed by atoms with Crippen LogP contribution in [0, 0.1) is 0 Å². The molecule has 1 aliphatic rings. The highest BCUT2D eigenvalue weighted by Gasteiger charge is 2.24. The Labute approximate surface area is 118 Å². The highest BCUT2D eigenvalue weighted by Crippen LogP contribution is 2.32. The quantitative estimate of drug-likeness (QED) is 0.895. The van der Waals surface area contributed by atoms with Gasteiger partial charge in [-0.05, 0) is 35.2 Å². The molecule has 0 radical (unpaired) electrons. The van der Waals surface area contributed by atoms with E-state index in [2.05, 4.69) is 23.5 Å². The van der Waals surface area contributed by atoms with E-state index in [9.17, 15) is 5.11 Å². The van der Waals surface area contributed by atoms with Gasteiger partial charge in [0.05, 0.1) is 6.10 Å². The maximum absolute atomic E-state index is 10.3. The number of nitrogens with one attached hydrogen (secondary N) is 1. The van der Waals surface area contributed by atoms with Crippen LogP contribution in [0.3, 0.4) is 0 Å². The van der Waals surface area contributed by atoms with Crippen molar-refractivity contribution in [3.8, 4) is 0 Å². The third kappa shape index (κ3) is 2.66. The molecule has 1 heterocycles. The van der Waals surface area contributed by atoms with Crippen LogP contribution in [0.4, 0.5) is 0 Å². The molecule has 0 aliphatic carbocycles. The molecule has 0 aromatic heterocycles. The number of fused-ring (bicyclic) bond motifs is 1. The fourth-order valence-corrected chi connectivity index (χ4v) is 2.76. The molecule has 2 nitrogen and oxygen atoms in total. The topological polar surface area (TPSA) is 32.3 Å². The summed E-state index contributed by atoms with van der Waals surface area (Å²) in [5.74, 6) is 0. The zero-order chi connectivity index (χ0) is 13.2. The molecule has 19 heavy (non-hydrogen) atoms. The molecule has 2 aromatic rings. The number of halogens is 1. The van der Waals surface area contributed by atoms with Crippen molar-refractivity contribution in [2.75, 3.05) is 0 Å². The summed E-state index contributed by atoms with van der Waals surface area (Å²) in [6, 6.07) is 16.0. The molecule has 2 atom stereocenters. The van der Waals surface area contributed by atoms with Crippen LogP contribution in [-0.4, -0.2) is 5.11 Å². The lowest BCUT2D eigenvalue weighted by Gasteiger charge is -2.17. The van der Waals surface area contributed by atoms with Gasteiger partial charge < -0.3 is 10.4 Å². The van der Waals surface area contributed by atoms with Crippen LogP contribution in [0.2, 0.25) is 5.02 Å². The standard InChI is InChI=1S/C16H16ClNO/c17-13-7-5-11(6-8-13)16(19)9-15-14-4-2-1-3-12(14)10-18-15/h1-8,15-16,18-19H,9-10H2/t15-,16+/m0/s1. The third-order valence-electron chi connectivity index (χ3n) is 3.68. The van der Waals surface area contributed by atoms with E-state index in [0.717, 1.165) is 12.1 Å². The van der Waals surface area contributed by atoms with Crippen molar-refractivity contribution in [1.82, 2.24) is 5.32 Å². The lowest BCUT2D eigenvalue weighted by molar-refractivity contribution is 0.153. The molecular formula is C16H16ClNO. The first-order chi connectivity index (χ1) is 9.24. The molecule has 98 valence electrons. The predicted octanol–water partition coefficient (Wildman–Crippen LogP) is 3.61. The number of benzene rings is 2. The number of hydrogen-bond donors (Lipinski definition) is 2. The molecular weight excluding hydrogens is 258 g/mol. The fourth-order valence-electron chi connectivity index (χ4n) is 2.63. The predicted molar refractivity (Wildman–Crippen MR) is 77.1 cm³/mol. The second-order valence-corrected chi connectivity index (χ2v) is 5.37. The lowest BCUT2D eigenvalue weighted by atomic mass is 9.97. The van der Waals surface area contributed by atoms with Gasteiger partial charge in [0.2, 0.25) is 0 Å². The number of aliphatic hydroxyl groups is 1. The number of rotatable bonds is 3. The lowest BCUT2D eigenvalue weighted by Crippen LogP contribution is -2.15. The molecule has 0 spiro atoms. The van der Waals surface area contributed by atoms with Crippen molar-refractivity contribution in [3.05, 3.63) is 70.2 Å². The van der Waals surface area contributed by atoms with Crippen molar-refractivity contribution in [2.45, 2.75) is 25.1 Å². The van der Waals surface area contributed by atoms with Crippen LogP contribution in [0.25, 0.3) is 0 Å². The van der Waals surface area contributed by atoms with Crippen LogP contribution in [0.1, 0.15) is 35.3 Å². The molecule has 0 fully saturated rings. The van der Waals surface area contributed by atoms with Gasteiger partial charge in [-0.15, -0.1) is 0 Å². The van der Waals surface area contributed by atoms with E-state index in [1.807, 2.05) is 30.3 Å². The van der Waals surface area contributed by atoms with E-state index in [0.29, 0.717) is 11.4 Å². The van der Waals surface area contributed by atoms with Gasteiger partial charge in [-0.25, -0.2) is 0 Å². The van der Waals surface area contributed by atoms with E-state index in [4.69, 9.17) is 11.6 Å². The van der Waals surface area contributed by atoms with Crippen molar-refractivity contribution in [1.29, 1.82) is 0 Å². The Kier molecular flexibility index (Phi) is 3.56. The first-order valence-electron chi connectivity index (χ1n) is 6.49. The summed E-state index contributed by atoms with van der Waals surface area (Å²) in [6.07, 6.45) is 0.208. The van der Waals surface area contributed by atoms with E-state index in [1.165, 1.54) is 11.1 Å². The van der Waals surface area contributed by atoms with Gasteiger partial charge in [0.1, 0.15) is 0 Å². The SMILES string of the molecule is O[C@H](C[C@@H]1NCc2ccccc21)c1ccc(Cl)cc1. The fraction of sp³-hybridized carbons (Fsp3) is 0.250. The number of hydrogen-bond acceptors (Lipinski definition) is 2. The average molecular weight is 274 g/mol. The van der Waals surface area contributed by atoms with Gasteiger partial charge in [-0.2, -0.15) is 0 Å². The second kappa shape index (κ2) is 5.33. The van der Waals surface area contributed by atoms with Gasteiger partial charge in [0.15, 0.2) is 0 Å². The number of aliphatic hydroxyl groups excluding tert-OH is 1. The van der Waals surface area contributed by atoms with Gasteiger partial charge in [-0.1, -0.05) is 48.0 Å². The summed E-state index contributed by atoms with van der Waals surface area (Å²) in [5, 5.41) is 14.5. The normalized spacial score (nSPS) is 19.2. The highest BCUT2D eigenvalue weighted by atomic mass is 35.5. The zero-order valence-corrected chi connectivity index (χ0v) is 11.3. The second-order valence-electron chi connectivity index (χ2n) is 4.94.